The fourth-order valence-electron chi connectivity index (χ4n) is 1.40. The van der Waals surface area contributed by atoms with Gasteiger partial charge in [0.15, 0.2) is 0 Å². The van der Waals surface area contributed by atoms with Gasteiger partial charge in [0.25, 0.3) is 0 Å². The number of nitrogens with zero attached hydrogens (tertiary/aromatic N) is 3. The predicted octanol–water partition coefficient (Wildman–Crippen LogP) is 4.28. The van der Waals surface area contributed by atoms with Gasteiger partial charge in [0.05, 0.1) is 0 Å². The molecule has 1 heterocycles. The van der Waals surface area contributed by atoms with Crippen LogP contribution in [0.1, 0.15) is 30.3 Å². The van der Waals surface area contributed by atoms with E-state index in [4.69, 9.17) is 11.6 Å². The highest BCUT2D eigenvalue weighted by Crippen LogP contribution is 2.20. The molecule has 0 unspecified atom stereocenters. The van der Waals surface area contributed by atoms with Gasteiger partial charge in [-0.2, -0.15) is 0 Å². The second kappa shape index (κ2) is 6.61. The zero-order valence-corrected chi connectivity index (χ0v) is 11.7. The van der Waals surface area contributed by atoms with Crippen molar-refractivity contribution in [3.05, 3.63) is 39.9 Å². The van der Waals surface area contributed by atoms with Gasteiger partial charge in [0.1, 0.15) is 5.01 Å². The van der Waals surface area contributed by atoms with Crippen molar-refractivity contribution in [2.45, 2.75) is 26.2 Å². The molecular weight excluding hydrogens is 266 g/mol. The molecule has 2 rings (SSSR count). The van der Waals surface area contributed by atoms with Gasteiger partial charge in [-0.05, 0) is 24.1 Å². The van der Waals surface area contributed by atoms with Crippen molar-refractivity contribution in [1.29, 1.82) is 0 Å². The molecule has 5 heteroatoms. The van der Waals surface area contributed by atoms with Crippen LogP contribution >= 0.6 is 22.9 Å². The molecular formula is C13H14ClN3S. The molecule has 0 saturated carbocycles. The number of aromatic nitrogens is 2. The normalized spacial score (nSPS) is 11.2. The summed E-state index contributed by atoms with van der Waals surface area (Å²) in [6.07, 6.45) is 5.09. The van der Waals surface area contributed by atoms with E-state index in [2.05, 4.69) is 22.1 Å². The second-order valence-electron chi connectivity index (χ2n) is 3.89. The average Bonchev–Trinajstić information content (AvgIpc) is 2.84. The smallest absolute Gasteiger partial charge is 0.226 e. The Labute approximate surface area is 116 Å². The number of hydrogen-bond donors (Lipinski definition) is 0. The molecule has 0 spiro atoms. The van der Waals surface area contributed by atoms with E-state index < -0.39 is 0 Å². The third-order valence-corrected chi connectivity index (χ3v) is 3.54. The van der Waals surface area contributed by atoms with Crippen LogP contribution in [0.25, 0.3) is 0 Å². The summed E-state index contributed by atoms with van der Waals surface area (Å²) in [6, 6.07) is 7.53. The molecule has 0 N–H and O–H groups in total. The Hall–Kier alpha value is -1.26. The minimum Gasteiger partial charge on any atom is -0.226 e. The van der Waals surface area contributed by atoms with E-state index in [0.717, 1.165) is 28.4 Å². The van der Waals surface area contributed by atoms with Crippen molar-refractivity contribution in [2.75, 3.05) is 0 Å². The van der Waals surface area contributed by atoms with Crippen LogP contribution in [-0.2, 0) is 6.42 Å². The number of hydrogen-bond acceptors (Lipinski definition) is 4. The van der Waals surface area contributed by atoms with Crippen molar-refractivity contribution >= 4 is 34.3 Å². The Kier molecular flexibility index (Phi) is 4.84. The Morgan fingerprint density at radius 1 is 1.28 bits per heavy atom. The number of halogens is 1. The largest absolute Gasteiger partial charge is 0.231 e. The lowest BCUT2D eigenvalue weighted by Crippen LogP contribution is -1.81. The van der Waals surface area contributed by atoms with Crippen LogP contribution in [0.2, 0.25) is 5.02 Å². The lowest BCUT2D eigenvalue weighted by atomic mass is 10.2. The highest BCUT2D eigenvalue weighted by atomic mass is 35.5. The number of aryl methyl sites for hydroxylation is 1. The van der Waals surface area contributed by atoms with Gasteiger partial charge < -0.3 is 0 Å². The van der Waals surface area contributed by atoms with E-state index in [9.17, 15) is 0 Å². The van der Waals surface area contributed by atoms with Gasteiger partial charge in [-0.15, -0.1) is 10.2 Å². The zero-order chi connectivity index (χ0) is 12.8. The standard InChI is InChI=1S/C13H14ClN3S/c1-2-3-4-12-16-17-13(18-12)15-9-10-5-7-11(14)8-6-10/h5-9H,2-4H2,1H3. The van der Waals surface area contributed by atoms with Crippen molar-refractivity contribution < 1.29 is 0 Å². The fraction of sp³-hybridized carbons (Fsp3) is 0.308. The number of rotatable bonds is 5. The molecule has 1 aromatic heterocycles. The van der Waals surface area contributed by atoms with Crippen molar-refractivity contribution in [2.24, 2.45) is 4.99 Å². The lowest BCUT2D eigenvalue weighted by molar-refractivity contribution is 0.779. The van der Waals surface area contributed by atoms with Crippen molar-refractivity contribution in [1.82, 2.24) is 10.2 Å². The Balaban J connectivity index is 2.00. The molecule has 0 fully saturated rings. The van der Waals surface area contributed by atoms with Crippen LogP contribution in [0.15, 0.2) is 29.3 Å². The average molecular weight is 280 g/mol. The molecule has 0 saturated heterocycles. The number of aliphatic imine (C=N–C) groups is 1. The van der Waals surface area contributed by atoms with Gasteiger partial charge in [0.2, 0.25) is 5.13 Å². The first-order chi connectivity index (χ1) is 8.78. The summed E-state index contributed by atoms with van der Waals surface area (Å²) in [6.45, 7) is 2.17. The molecule has 2 aromatic rings. The molecule has 0 aliphatic carbocycles. The molecule has 3 nitrogen and oxygen atoms in total. The van der Waals surface area contributed by atoms with Gasteiger partial charge in [-0.3, -0.25) is 0 Å². The zero-order valence-electron chi connectivity index (χ0n) is 10.1. The molecule has 0 amide bonds. The third-order valence-electron chi connectivity index (χ3n) is 2.39. The molecule has 0 aliphatic rings. The van der Waals surface area contributed by atoms with Gasteiger partial charge in [-0.1, -0.05) is 48.4 Å². The highest BCUT2D eigenvalue weighted by molar-refractivity contribution is 7.14. The van der Waals surface area contributed by atoms with Gasteiger partial charge in [-0.25, -0.2) is 4.99 Å². The maximum Gasteiger partial charge on any atom is 0.231 e. The maximum absolute atomic E-state index is 5.82. The Bertz CT molecular complexity index is 519. The Morgan fingerprint density at radius 3 is 2.78 bits per heavy atom. The molecule has 94 valence electrons. The molecule has 0 aliphatic heterocycles. The fourth-order valence-corrected chi connectivity index (χ4v) is 2.26. The van der Waals surface area contributed by atoms with E-state index >= 15 is 0 Å². The van der Waals surface area contributed by atoms with E-state index in [1.807, 2.05) is 24.3 Å². The van der Waals surface area contributed by atoms with Gasteiger partial charge in [0, 0.05) is 17.7 Å². The summed E-state index contributed by atoms with van der Waals surface area (Å²) in [7, 11) is 0. The van der Waals surface area contributed by atoms with Crippen LogP contribution < -0.4 is 0 Å². The highest BCUT2D eigenvalue weighted by Gasteiger charge is 2.01. The topological polar surface area (TPSA) is 38.1 Å². The van der Waals surface area contributed by atoms with Crippen LogP contribution in [-0.4, -0.2) is 16.4 Å². The number of unbranched alkanes of at least 4 members (excludes halogenated alkanes) is 1. The van der Waals surface area contributed by atoms with Crippen molar-refractivity contribution in [3.63, 3.8) is 0 Å². The predicted molar refractivity (Wildman–Crippen MR) is 77.2 cm³/mol. The Morgan fingerprint density at radius 2 is 2.06 bits per heavy atom. The molecule has 0 radical (unpaired) electrons. The van der Waals surface area contributed by atoms with E-state index in [1.165, 1.54) is 6.42 Å². The van der Waals surface area contributed by atoms with Gasteiger partial charge >= 0.3 is 0 Å². The third kappa shape index (κ3) is 3.89. The second-order valence-corrected chi connectivity index (χ2v) is 5.37. The summed E-state index contributed by atoms with van der Waals surface area (Å²) >= 11 is 7.36. The van der Waals surface area contributed by atoms with E-state index in [1.54, 1.807) is 17.6 Å². The first-order valence-electron chi connectivity index (χ1n) is 5.90. The summed E-state index contributed by atoms with van der Waals surface area (Å²) in [5.41, 5.74) is 1.00. The quantitative estimate of drug-likeness (QED) is 0.766. The molecule has 1 aromatic carbocycles. The van der Waals surface area contributed by atoms with E-state index in [0.29, 0.717) is 5.13 Å². The lowest BCUT2D eigenvalue weighted by Gasteiger charge is -1.91. The maximum atomic E-state index is 5.82. The number of benzene rings is 1. The summed E-state index contributed by atoms with van der Waals surface area (Å²) in [5.74, 6) is 0. The van der Waals surface area contributed by atoms with Crippen LogP contribution in [0.4, 0.5) is 5.13 Å². The summed E-state index contributed by atoms with van der Waals surface area (Å²) < 4.78 is 0. The van der Waals surface area contributed by atoms with Crippen LogP contribution in [0.3, 0.4) is 0 Å². The summed E-state index contributed by atoms with van der Waals surface area (Å²) in [4.78, 5) is 4.31. The SMILES string of the molecule is CCCCc1nnc(N=Cc2ccc(Cl)cc2)s1. The van der Waals surface area contributed by atoms with Crippen molar-refractivity contribution in [3.8, 4) is 0 Å². The monoisotopic (exact) mass is 279 g/mol. The molecule has 0 bridgehead atoms. The molecule has 18 heavy (non-hydrogen) atoms. The minimum atomic E-state index is 0.705. The minimum absolute atomic E-state index is 0.705. The first kappa shape index (κ1) is 13.2. The van der Waals surface area contributed by atoms with Crippen LogP contribution in [0.5, 0.6) is 0 Å². The van der Waals surface area contributed by atoms with E-state index in [-0.39, 0.29) is 0 Å². The molecule has 0 atom stereocenters. The van der Waals surface area contributed by atoms with Crippen LogP contribution in [0, 0.1) is 0 Å². The first-order valence-corrected chi connectivity index (χ1v) is 7.09. The summed E-state index contributed by atoms with van der Waals surface area (Å²) in [5, 5.41) is 10.6.